The first kappa shape index (κ1) is 26.8. The molecule has 0 aromatic rings. The minimum atomic E-state index is -0.642. The number of hydrogen-bond donors (Lipinski definition) is 1. The van der Waals surface area contributed by atoms with Crippen molar-refractivity contribution in [1.82, 2.24) is 15.1 Å². The Labute approximate surface area is 200 Å². The van der Waals surface area contributed by atoms with Crippen LogP contribution >= 0.6 is 0 Å². The monoisotopic (exact) mass is 454 g/mol. The van der Waals surface area contributed by atoms with Crippen LogP contribution in [0.4, 0.5) is 0 Å². The number of rotatable bonds is 4. The molecule has 1 aliphatic carbocycles. The van der Waals surface area contributed by atoms with E-state index in [2.05, 4.69) is 48.5 Å². The Morgan fingerprint density at radius 1 is 1.18 bits per heavy atom. The van der Waals surface area contributed by atoms with Gasteiger partial charge in [0.25, 0.3) is 5.91 Å². The van der Waals surface area contributed by atoms with E-state index in [-0.39, 0.29) is 11.8 Å². The van der Waals surface area contributed by atoms with Crippen molar-refractivity contribution in [2.24, 2.45) is 10.4 Å². The Balaban J connectivity index is 2.47. The molecule has 1 atom stereocenters. The number of carbonyl (C=O) groups excluding carboxylic acids is 2. The summed E-state index contributed by atoms with van der Waals surface area (Å²) in [6, 6.07) is -0.642. The quantitative estimate of drug-likeness (QED) is 0.645. The summed E-state index contributed by atoms with van der Waals surface area (Å²) in [6.45, 7) is 9.60. The van der Waals surface area contributed by atoms with Gasteiger partial charge in [-0.15, -0.1) is 0 Å². The number of allylic oxidation sites excluding steroid dienone is 6. The van der Waals surface area contributed by atoms with Gasteiger partial charge in [0.05, 0.1) is 0 Å². The fourth-order valence-electron chi connectivity index (χ4n) is 3.89. The zero-order chi connectivity index (χ0) is 24.6. The van der Waals surface area contributed by atoms with Crippen molar-refractivity contribution >= 4 is 17.5 Å². The second-order valence-electron chi connectivity index (χ2n) is 10.4. The topological polar surface area (TPSA) is 65.0 Å². The van der Waals surface area contributed by atoms with Crippen molar-refractivity contribution in [3.8, 4) is 0 Å². The highest BCUT2D eigenvalue weighted by molar-refractivity contribution is 6.06. The van der Waals surface area contributed by atoms with Gasteiger partial charge in [-0.2, -0.15) is 0 Å². The van der Waals surface area contributed by atoms with Crippen LogP contribution in [0.5, 0.6) is 0 Å². The fourth-order valence-corrected chi connectivity index (χ4v) is 3.89. The molecule has 1 aliphatic heterocycles. The fraction of sp³-hybridized carbons (Fsp3) is 0.593. The van der Waals surface area contributed by atoms with Crippen LogP contribution in [0.3, 0.4) is 0 Å². The lowest BCUT2D eigenvalue weighted by atomic mass is 9.85. The third kappa shape index (κ3) is 8.43. The Bertz CT molecular complexity index is 869. The maximum absolute atomic E-state index is 13.5. The molecule has 0 bridgehead atoms. The van der Waals surface area contributed by atoms with Gasteiger partial charge >= 0.3 is 0 Å². The van der Waals surface area contributed by atoms with Crippen LogP contribution in [-0.2, 0) is 9.59 Å². The molecule has 0 fully saturated rings. The van der Waals surface area contributed by atoms with Gasteiger partial charge in [-0.1, -0.05) is 50.6 Å². The van der Waals surface area contributed by atoms with Gasteiger partial charge in [0, 0.05) is 32.8 Å². The highest BCUT2D eigenvalue weighted by Gasteiger charge is 2.34. The standard InChI is InChI=1S/C27H42N4O2/c1-20-13-11-12-17-31(7)18-16-22(28-23(19-20)21-14-9-8-10-15-21)25(32)29-24(27(2,3)4)26(33)30(5)6/h8-9,13-14,16,24H,10-12,15,17-19H2,1-7H3,(H,29,32)/b20-13+,22-16+,28-23+/t24-/m1/s1. The van der Waals surface area contributed by atoms with Crippen LogP contribution < -0.4 is 5.32 Å². The maximum atomic E-state index is 13.5. The minimum absolute atomic E-state index is 0.121. The number of hydrogen-bond acceptors (Lipinski definition) is 4. The van der Waals surface area contributed by atoms with Crippen molar-refractivity contribution in [3.05, 3.63) is 47.2 Å². The van der Waals surface area contributed by atoms with Crippen molar-refractivity contribution in [1.29, 1.82) is 0 Å². The first-order valence-electron chi connectivity index (χ1n) is 12.0. The number of nitrogens with zero attached hydrogens (tertiary/aromatic N) is 3. The summed E-state index contributed by atoms with van der Waals surface area (Å²) in [5, 5.41) is 3.00. The van der Waals surface area contributed by atoms with E-state index < -0.39 is 11.5 Å². The van der Waals surface area contributed by atoms with Crippen molar-refractivity contribution in [2.45, 2.75) is 65.8 Å². The van der Waals surface area contributed by atoms with Crippen LogP contribution in [-0.4, -0.2) is 67.6 Å². The Morgan fingerprint density at radius 3 is 2.52 bits per heavy atom. The van der Waals surface area contributed by atoms with Gasteiger partial charge < -0.3 is 15.1 Å². The van der Waals surface area contributed by atoms with E-state index in [4.69, 9.17) is 4.99 Å². The summed E-state index contributed by atoms with van der Waals surface area (Å²) in [7, 11) is 5.48. The van der Waals surface area contributed by atoms with Crippen LogP contribution in [0, 0.1) is 5.41 Å². The molecule has 0 radical (unpaired) electrons. The zero-order valence-corrected chi connectivity index (χ0v) is 21.6. The lowest BCUT2D eigenvalue weighted by Crippen LogP contribution is -2.53. The molecule has 6 heteroatoms. The molecule has 0 spiro atoms. The lowest BCUT2D eigenvalue weighted by molar-refractivity contribution is -0.136. The molecule has 0 aromatic heterocycles. The molecule has 2 rings (SSSR count). The van der Waals surface area contributed by atoms with E-state index in [0.717, 1.165) is 44.4 Å². The molecule has 1 heterocycles. The van der Waals surface area contributed by atoms with Crippen molar-refractivity contribution in [3.63, 3.8) is 0 Å². The molecule has 2 aliphatic rings. The maximum Gasteiger partial charge on any atom is 0.270 e. The highest BCUT2D eigenvalue weighted by Crippen LogP contribution is 2.23. The van der Waals surface area contributed by atoms with Gasteiger partial charge in [0.1, 0.15) is 11.7 Å². The van der Waals surface area contributed by atoms with Gasteiger partial charge in [0.15, 0.2) is 0 Å². The lowest BCUT2D eigenvalue weighted by Gasteiger charge is -2.32. The zero-order valence-electron chi connectivity index (χ0n) is 21.6. The van der Waals surface area contributed by atoms with E-state index in [0.29, 0.717) is 12.2 Å². The molecule has 6 nitrogen and oxygen atoms in total. The number of amides is 2. The molecular formula is C27H42N4O2. The second kappa shape index (κ2) is 12.1. The molecule has 33 heavy (non-hydrogen) atoms. The predicted octanol–water partition coefficient (Wildman–Crippen LogP) is 4.27. The molecule has 0 saturated carbocycles. The first-order chi connectivity index (χ1) is 15.5. The highest BCUT2D eigenvalue weighted by atomic mass is 16.2. The summed E-state index contributed by atoms with van der Waals surface area (Å²) in [4.78, 5) is 35.0. The average Bonchev–Trinajstić information content (AvgIpc) is 2.75. The molecule has 0 unspecified atom stereocenters. The molecule has 2 amide bonds. The van der Waals surface area contributed by atoms with Gasteiger partial charge in [-0.05, 0) is 63.3 Å². The summed E-state index contributed by atoms with van der Waals surface area (Å²) in [5.41, 5.74) is 3.32. The summed E-state index contributed by atoms with van der Waals surface area (Å²) in [5.74, 6) is -0.425. The van der Waals surface area contributed by atoms with Gasteiger partial charge in [-0.3, -0.25) is 9.59 Å². The Hall–Kier alpha value is -2.47. The largest absolute Gasteiger partial charge is 0.347 e. The molecular weight excluding hydrogens is 412 g/mol. The Kier molecular flexibility index (Phi) is 9.84. The SMILES string of the molecule is C/C1=C\CCCN(C)C/C=C(C(=O)N[C@H](C(=O)N(C)C)C(C)(C)C)/N=C(/C2=CC=CCC2)C1. The first-order valence-corrected chi connectivity index (χ1v) is 12.0. The van der Waals surface area contributed by atoms with Crippen molar-refractivity contribution in [2.75, 3.05) is 34.2 Å². The summed E-state index contributed by atoms with van der Waals surface area (Å²) >= 11 is 0. The molecule has 0 aromatic carbocycles. The number of aliphatic imine (C=N–C) groups is 1. The Morgan fingerprint density at radius 2 is 1.91 bits per heavy atom. The van der Waals surface area contributed by atoms with E-state index in [1.165, 1.54) is 16.0 Å². The van der Waals surface area contributed by atoms with E-state index in [9.17, 15) is 9.59 Å². The average molecular weight is 455 g/mol. The van der Waals surface area contributed by atoms with E-state index in [1.807, 2.05) is 26.8 Å². The smallest absolute Gasteiger partial charge is 0.270 e. The minimum Gasteiger partial charge on any atom is -0.347 e. The third-order valence-corrected chi connectivity index (χ3v) is 5.98. The van der Waals surface area contributed by atoms with Crippen LogP contribution in [0.2, 0.25) is 0 Å². The third-order valence-electron chi connectivity index (χ3n) is 5.98. The normalized spacial score (nSPS) is 24.5. The molecule has 0 saturated heterocycles. The number of likely N-dealkylation sites (N-methyl/N-ethyl adjacent to an activating group) is 2. The van der Waals surface area contributed by atoms with Crippen LogP contribution in [0.15, 0.2) is 52.2 Å². The van der Waals surface area contributed by atoms with Crippen LogP contribution in [0.25, 0.3) is 0 Å². The summed E-state index contributed by atoms with van der Waals surface area (Å²) in [6.07, 6.45) is 15.3. The number of carbonyl (C=O) groups is 2. The van der Waals surface area contributed by atoms with Gasteiger partial charge in [0.2, 0.25) is 5.91 Å². The molecule has 1 N–H and O–H groups in total. The molecule has 182 valence electrons. The summed E-state index contributed by atoms with van der Waals surface area (Å²) < 4.78 is 0. The number of nitrogens with one attached hydrogen (secondary N) is 1. The second-order valence-corrected chi connectivity index (χ2v) is 10.4. The van der Waals surface area contributed by atoms with E-state index >= 15 is 0 Å². The van der Waals surface area contributed by atoms with Gasteiger partial charge in [-0.25, -0.2) is 4.99 Å². The predicted molar refractivity (Wildman–Crippen MR) is 137 cm³/mol. The van der Waals surface area contributed by atoms with Crippen molar-refractivity contribution < 1.29 is 9.59 Å². The van der Waals surface area contributed by atoms with Crippen LogP contribution in [0.1, 0.15) is 59.8 Å². The van der Waals surface area contributed by atoms with E-state index in [1.54, 1.807) is 14.1 Å².